The highest BCUT2D eigenvalue weighted by Crippen LogP contribution is 2.32. The Balaban J connectivity index is 0.000000438. The monoisotopic (exact) mass is 428 g/mol. The van der Waals surface area contributed by atoms with Crippen molar-refractivity contribution in [3.8, 4) is 0 Å². The zero-order chi connectivity index (χ0) is 21.5. The molecule has 0 fully saturated rings. The van der Waals surface area contributed by atoms with Crippen LogP contribution in [0.2, 0.25) is 0 Å². The van der Waals surface area contributed by atoms with E-state index in [1.807, 2.05) is 0 Å². The third kappa shape index (κ3) is 7.35. The molecule has 3 aromatic carbocycles. The average molecular weight is 429 g/mol. The summed E-state index contributed by atoms with van der Waals surface area (Å²) >= 11 is 0. The van der Waals surface area contributed by atoms with E-state index in [4.69, 9.17) is 0 Å². The van der Waals surface area contributed by atoms with Crippen molar-refractivity contribution < 1.29 is 13.0 Å². The Bertz CT molecular complexity index is 936. The fourth-order valence-electron chi connectivity index (χ4n) is 2.61. The minimum atomic E-state index is -3.91. The standard InChI is InChI=1S/C22H23S.C2H6O3S/c1-22(2,3)18-14-16-21(17-15-18)23(19-10-6-4-7-11-19)20-12-8-5-9-13-20;1-2-6(3,4)5/h4-17H,1-3H3;2H2,1H3,(H,3,4,5)/q+1;/p-1. The van der Waals surface area contributed by atoms with Crippen LogP contribution in [0.5, 0.6) is 0 Å². The van der Waals surface area contributed by atoms with Crippen molar-refractivity contribution in [2.45, 2.75) is 47.8 Å². The van der Waals surface area contributed by atoms with Gasteiger partial charge in [-0.3, -0.25) is 0 Å². The molecule has 3 nitrogen and oxygen atoms in total. The molecule has 0 saturated carbocycles. The maximum absolute atomic E-state index is 9.44. The zero-order valence-electron chi connectivity index (χ0n) is 17.3. The molecule has 0 bridgehead atoms. The van der Waals surface area contributed by atoms with Crippen LogP contribution in [-0.4, -0.2) is 18.7 Å². The van der Waals surface area contributed by atoms with Gasteiger partial charge in [-0.05, 0) is 47.4 Å². The predicted molar refractivity (Wildman–Crippen MR) is 120 cm³/mol. The Morgan fingerprint density at radius 1 is 0.724 bits per heavy atom. The summed E-state index contributed by atoms with van der Waals surface area (Å²) in [5.41, 5.74) is 1.57. The van der Waals surface area contributed by atoms with Crippen LogP contribution in [0.1, 0.15) is 33.3 Å². The second-order valence-corrected chi connectivity index (χ2v) is 11.3. The third-order valence-corrected chi connectivity index (χ3v) is 7.21. The van der Waals surface area contributed by atoms with Gasteiger partial charge in [-0.15, -0.1) is 0 Å². The smallest absolute Gasteiger partial charge is 0.166 e. The van der Waals surface area contributed by atoms with Crippen molar-refractivity contribution >= 4 is 21.0 Å². The molecule has 29 heavy (non-hydrogen) atoms. The lowest BCUT2D eigenvalue weighted by molar-refractivity contribution is 0.464. The van der Waals surface area contributed by atoms with E-state index in [-0.39, 0.29) is 22.1 Å². The normalized spacial score (nSPS) is 11.7. The molecule has 0 aliphatic heterocycles. The zero-order valence-corrected chi connectivity index (χ0v) is 19.0. The molecule has 3 rings (SSSR count). The maximum Gasteiger partial charge on any atom is 0.166 e. The van der Waals surface area contributed by atoms with Gasteiger partial charge >= 0.3 is 0 Å². The second kappa shape index (κ2) is 10.1. The Hall–Kier alpha value is -2.08. The van der Waals surface area contributed by atoms with Crippen molar-refractivity contribution in [3.63, 3.8) is 0 Å². The van der Waals surface area contributed by atoms with Gasteiger partial charge in [0, 0.05) is 5.75 Å². The predicted octanol–water partition coefficient (Wildman–Crippen LogP) is 5.63. The first-order valence-corrected chi connectivity index (χ1v) is 12.3. The van der Waals surface area contributed by atoms with Gasteiger partial charge in [0.05, 0.1) is 21.0 Å². The molecule has 0 unspecified atom stereocenters. The quantitative estimate of drug-likeness (QED) is 0.400. The first-order valence-electron chi connectivity index (χ1n) is 9.50. The van der Waals surface area contributed by atoms with Gasteiger partial charge in [0.2, 0.25) is 0 Å². The highest BCUT2D eigenvalue weighted by molar-refractivity contribution is 7.97. The molecule has 5 heteroatoms. The molecule has 0 amide bonds. The minimum Gasteiger partial charge on any atom is -0.748 e. The molecular formula is C24H28O3S2. The van der Waals surface area contributed by atoms with E-state index in [0.717, 1.165) is 0 Å². The molecule has 0 N–H and O–H groups in total. The van der Waals surface area contributed by atoms with Crippen LogP contribution in [0.4, 0.5) is 0 Å². The molecule has 0 aliphatic carbocycles. The van der Waals surface area contributed by atoms with Crippen molar-refractivity contribution in [2.24, 2.45) is 0 Å². The molecule has 0 aliphatic rings. The molecule has 0 heterocycles. The van der Waals surface area contributed by atoms with Crippen LogP contribution in [0.25, 0.3) is 0 Å². The van der Waals surface area contributed by atoms with E-state index in [1.54, 1.807) is 0 Å². The second-order valence-electron chi connectivity index (χ2n) is 7.55. The lowest BCUT2D eigenvalue weighted by Crippen LogP contribution is -2.11. The molecule has 3 aromatic rings. The van der Waals surface area contributed by atoms with E-state index in [1.165, 1.54) is 27.2 Å². The third-order valence-electron chi connectivity index (χ3n) is 4.27. The molecule has 0 saturated heterocycles. The summed E-state index contributed by atoms with van der Waals surface area (Å²) in [6.07, 6.45) is 0. The fraction of sp³-hybridized carbons (Fsp3) is 0.250. The molecule has 0 radical (unpaired) electrons. The summed E-state index contributed by atoms with van der Waals surface area (Å²) in [6.45, 7) is 8.09. The van der Waals surface area contributed by atoms with Crippen molar-refractivity contribution in [2.75, 3.05) is 5.75 Å². The summed E-state index contributed by atoms with van der Waals surface area (Å²) in [5.74, 6) is -0.312. The van der Waals surface area contributed by atoms with Crippen molar-refractivity contribution in [1.82, 2.24) is 0 Å². The maximum atomic E-state index is 9.44. The molecule has 0 aromatic heterocycles. The highest BCUT2D eigenvalue weighted by atomic mass is 32.2. The van der Waals surface area contributed by atoms with Crippen LogP contribution in [0.15, 0.2) is 99.6 Å². The summed E-state index contributed by atoms with van der Waals surface area (Å²) in [6, 6.07) is 30.7. The van der Waals surface area contributed by atoms with Gasteiger partial charge in [-0.25, -0.2) is 8.42 Å². The van der Waals surface area contributed by atoms with Crippen LogP contribution >= 0.6 is 0 Å². The molecular weight excluding hydrogens is 400 g/mol. The van der Waals surface area contributed by atoms with Gasteiger partial charge in [0.25, 0.3) is 0 Å². The SMILES string of the molecule is CC(C)(C)c1ccc([S+](c2ccccc2)c2ccccc2)cc1.CCS(=O)(=O)[O-]. The minimum absolute atomic E-state index is 0.0497. The van der Waals surface area contributed by atoms with E-state index in [0.29, 0.717) is 0 Å². The van der Waals surface area contributed by atoms with E-state index < -0.39 is 10.1 Å². The van der Waals surface area contributed by atoms with Crippen molar-refractivity contribution in [1.29, 1.82) is 0 Å². The molecule has 0 atom stereocenters. The molecule has 154 valence electrons. The number of hydrogen-bond donors (Lipinski definition) is 0. The largest absolute Gasteiger partial charge is 0.748 e. The highest BCUT2D eigenvalue weighted by Gasteiger charge is 2.28. The van der Waals surface area contributed by atoms with E-state index in [9.17, 15) is 13.0 Å². The average Bonchev–Trinajstić information content (AvgIpc) is 2.70. The summed E-state index contributed by atoms with van der Waals surface area (Å²) in [7, 11) is -3.96. The number of rotatable bonds is 4. The Morgan fingerprint density at radius 3 is 1.38 bits per heavy atom. The lowest BCUT2D eigenvalue weighted by Gasteiger charge is -2.19. The van der Waals surface area contributed by atoms with Gasteiger partial charge in [0.15, 0.2) is 14.7 Å². The van der Waals surface area contributed by atoms with E-state index >= 15 is 0 Å². The first-order chi connectivity index (χ1) is 13.6. The van der Waals surface area contributed by atoms with Gasteiger partial charge in [-0.1, -0.05) is 76.2 Å². The van der Waals surface area contributed by atoms with Gasteiger partial charge in [0.1, 0.15) is 0 Å². The van der Waals surface area contributed by atoms with Gasteiger partial charge < -0.3 is 4.55 Å². The first kappa shape index (κ1) is 23.2. The van der Waals surface area contributed by atoms with Crippen LogP contribution in [0, 0.1) is 0 Å². The van der Waals surface area contributed by atoms with E-state index in [2.05, 4.69) is 106 Å². The topological polar surface area (TPSA) is 57.2 Å². The van der Waals surface area contributed by atoms with Crippen LogP contribution in [-0.2, 0) is 26.4 Å². The fourth-order valence-corrected chi connectivity index (χ4v) is 4.70. The van der Waals surface area contributed by atoms with Crippen LogP contribution in [0.3, 0.4) is 0 Å². The van der Waals surface area contributed by atoms with Crippen LogP contribution < -0.4 is 0 Å². The van der Waals surface area contributed by atoms with Gasteiger partial charge in [-0.2, -0.15) is 0 Å². The molecule has 0 spiro atoms. The number of benzene rings is 3. The number of hydrogen-bond acceptors (Lipinski definition) is 3. The van der Waals surface area contributed by atoms with Crippen molar-refractivity contribution in [3.05, 3.63) is 90.5 Å². The lowest BCUT2D eigenvalue weighted by atomic mass is 9.87. The summed E-state index contributed by atoms with van der Waals surface area (Å²) < 4.78 is 28.3. The Kier molecular flexibility index (Phi) is 8.08. The Morgan fingerprint density at radius 2 is 1.07 bits per heavy atom. The Labute approximate surface area is 177 Å². The summed E-state index contributed by atoms with van der Waals surface area (Å²) in [4.78, 5) is 4.10. The summed E-state index contributed by atoms with van der Waals surface area (Å²) in [5, 5.41) is 0.